The van der Waals surface area contributed by atoms with Gasteiger partial charge in [0, 0.05) is 12.5 Å². The first-order chi connectivity index (χ1) is 7.76. The molecule has 0 spiro atoms. The first kappa shape index (κ1) is 15.1. The molecular formula is C12H23ClN2OS. The van der Waals surface area contributed by atoms with E-state index in [9.17, 15) is 4.79 Å². The maximum Gasteiger partial charge on any atom is 0.223 e. The van der Waals surface area contributed by atoms with Crippen molar-refractivity contribution in [3.63, 3.8) is 0 Å². The van der Waals surface area contributed by atoms with Gasteiger partial charge in [-0.3, -0.25) is 4.79 Å². The summed E-state index contributed by atoms with van der Waals surface area (Å²) in [6.45, 7) is 0.597. The Kier molecular flexibility index (Phi) is 6.10. The number of amides is 1. The molecule has 1 aliphatic carbocycles. The quantitative estimate of drug-likeness (QED) is 0.830. The summed E-state index contributed by atoms with van der Waals surface area (Å²) >= 11 is 1.96. The van der Waals surface area contributed by atoms with Crippen molar-refractivity contribution in [2.24, 2.45) is 11.7 Å². The predicted molar refractivity (Wildman–Crippen MR) is 75.7 cm³/mol. The van der Waals surface area contributed by atoms with Gasteiger partial charge in [0.1, 0.15) is 0 Å². The van der Waals surface area contributed by atoms with Gasteiger partial charge in [0.05, 0.1) is 5.54 Å². The van der Waals surface area contributed by atoms with E-state index in [-0.39, 0.29) is 29.8 Å². The van der Waals surface area contributed by atoms with Crippen LogP contribution in [0, 0.1) is 5.92 Å². The molecule has 5 heteroatoms. The fourth-order valence-electron chi connectivity index (χ4n) is 2.76. The number of halogens is 1. The third-order valence-corrected chi connectivity index (χ3v) is 4.98. The van der Waals surface area contributed by atoms with E-state index in [1.807, 2.05) is 11.8 Å². The molecule has 2 rings (SSSR count). The summed E-state index contributed by atoms with van der Waals surface area (Å²) in [7, 11) is 0. The second-order valence-electron chi connectivity index (χ2n) is 5.07. The smallest absolute Gasteiger partial charge is 0.223 e. The topological polar surface area (TPSA) is 55.1 Å². The monoisotopic (exact) mass is 278 g/mol. The lowest BCUT2D eigenvalue weighted by atomic mass is 9.94. The molecule has 0 aromatic rings. The Bertz CT molecular complexity index is 251. The highest BCUT2D eigenvalue weighted by atomic mass is 35.5. The highest BCUT2D eigenvalue weighted by molar-refractivity contribution is 7.99. The van der Waals surface area contributed by atoms with Crippen molar-refractivity contribution in [3.8, 4) is 0 Å². The van der Waals surface area contributed by atoms with Gasteiger partial charge in [-0.05, 0) is 37.2 Å². The van der Waals surface area contributed by atoms with Gasteiger partial charge in [0.2, 0.25) is 5.91 Å². The maximum absolute atomic E-state index is 12.1. The van der Waals surface area contributed by atoms with Crippen LogP contribution < -0.4 is 11.1 Å². The van der Waals surface area contributed by atoms with Crippen LogP contribution in [0.15, 0.2) is 0 Å². The van der Waals surface area contributed by atoms with Crippen LogP contribution in [0.1, 0.15) is 38.5 Å². The maximum atomic E-state index is 12.1. The molecule has 3 N–H and O–H groups in total. The van der Waals surface area contributed by atoms with Crippen LogP contribution in [0.3, 0.4) is 0 Å². The fraction of sp³-hybridized carbons (Fsp3) is 0.917. The standard InChI is InChI=1S/C12H22N2OS.ClH/c13-9-12(5-1-2-6-12)14-11(15)10-3-7-16-8-4-10;/h10H,1-9,13H2,(H,14,15);1H. The van der Waals surface area contributed by atoms with Gasteiger partial charge in [-0.15, -0.1) is 12.4 Å². The van der Waals surface area contributed by atoms with Gasteiger partial charge in [-0.2, -0.15) is 11.8 Å². The van der Waals surface area contributed by atoms with Gasteiger partial charge < -0.3 is 11.1 Å². The molecule has 0 aromatic heterocycles. The van der Waals surface area contributed by atoms with E-state index in [1.54, 1.807) is 0 Å². The van der Waals surface area contributed by atoms with Crippen molar-refractivity contribution in [1.29, 1.82) is 0 Å². The molecule has 1 amide bonds. The molecule has 0 aromatic carbocycles. The minimum atomic E-state index is -0.0678. The lowest BCUT2D eigenvalue weighted by molar-refractivity contribution is -0.127. The van der Waals surface area contributed by atoms with E-state index in [2.05, 4.69) is 5.32 Å². The van der Waals surface area contributed by atoms with Crippen molar-refractivity contribution in [2.75, 3.05) is 18.1 Å². The van der Waals surface area contributed by atoms with E-state index < -0.39 is 0 Å². The molecule has 1 saturated carbocycles. The van der Waals surface area contributed by atoms with Crippen LogP contribution in [0.5, 0.6) is 0 Å². The van der Waals surface area contributed by atoms with Crippen molar-refractivity contribution in [3.05, 3.63) is 0 Å². The number of nitrogens with one attached hydrogen (secondary N) is 1. The predicted octanol–water partition coefficient (Wildman–Crippen LogP) is 1.94. The normalized spacial score (nSPS) is 24.1. The largest absolute Gasteiger partial charge is 0.349 e. The zero-order valence-corrected chi connectivity index (χ0v) is 11.9. The summed E-state index contributed by atoms with van der Waals surface area (Å²) in [5.74, 6) is 2.76. The number of carbonyl (C=O) groups excluding carboxylic acids is 1. The van der Waals surface area contributed by atoms with Crippen molar-refractivity contribution < 1.29 is 4.79 Å². The summed E-state index contributed by atoms with van der Waals surface area (Å²) in [4.78, 5) is 12.1. The van der Waals surface area contributed by atoms with Gasteiger partial charge >= 0.3 is 0 Å². The van der Waals surface area contributed by atoms with E-state index in [1.165, 1.54) is 12.8 Å². The molecule has 0 unspecified atom stereocenters. The number of hydrogen-bond acceptors (Lipinski definition) is 3. The minimum absolute atomic E-state index is 0. The number of hydrogen-bond donors (Lipinski definition) is 2. The molecule has 0 bridgehead atoms. The van der Waals surface area contributed by atoms with Crippen LogP contribution in [-0.2, 0) is 4.79 Å². The van der Waals surface area contributed by atoms with E-state index in [4.69, 9.17) is 5.73 Å². The summed E-state index contributed by atoms with van der Waals surface area (Å²) in [6, 6.07) is 0. The highest BCUT2D eigenvalue weighted by Gasteiger charge is 2.35. The van der Waals surface area contributed by atoms with E-state index in [0.717, 1.165) is 37.2 Å². The van der Waals surface area contributed by atoms with Gasteiger partial charge in [-0.1, -0.05) is 12.8 Å². The zero-order valence-electron chi connectivity index (χ0n) is 10.2. The molecule has 2 aliphatic rings. The van der Waals surface area contributed by atoms with Crippen LogP contribution in [0.2, 0.25) is 0 Å². The Morgan fingerprint density at radius 1 is 1.29 bits per heavy atom. The summed E-state index contributed by atoms with van der Waals surface area (Å²) in [5.41, 5.74) is 5.76. The van der Waals surface area contributed by atoms with Crippen LogP contribution in [0.25, 0.3) is 0 Å². The first-order valence-corrected chi connectivity index (χ1v) is 7.51. The number of rotatable bonds is 3. The van der Waals surface area contributed by atoms with Gasteiger partial charge in [0.25, 0.3) is 0 Å². The minimum Gasteiger partial charge on any atom is -0.349 e. The summed E-state index contributed by atoms with van der Waals surface area (Å²) in [5, 5.41) is 3.24. The molecule has 1 saturated heterocycles. The Hall–Kier alpha value is 0.0700. The lowest BCUT2D eigenvalue weighted by Gasteiger charge is -2.31. The van der Waals surface area contributed by atoms with E-state index >= 15 is 0 Å². The van der Waals surface area contributed by atoms with Crippen molar-refractivity contribution in [1.82, 2.24) is 5.32 Å². The van der Waals surface area contributed by atoms with Crippen molar-refractivity contribution >= 4 is 30.1 Å². The summed E-state index contributed by atoms with van der Waals surface area (Å²) < 4.78 is 0. The lowest BCUT2D eigenvalue weighted by Crippen LogP contribution is -2.53. The fourth-order valence-corrected chi connectivity index (χ4v) is 3.86. The molecule has 0 atom stereocenters. The molecular weight excluding hydrogens is 256 g/mol. The molecule has 2 fully saturated rings. The number of carbonyl (C=O) groups is 1. The molecule has 17 heavy (non-hydrogen) atoms. The number of nitrogens with two attached hydrogens (primary N) is 1. The molecule has 0 radical (unpaired) electrons. The SMILES string of the molecule is Cl.NCC1(NC(=O)C2CCSCC2)CCCC1. The van der Waals surface area contributed by atoms with Crippen LogP contribution in [-0.4, -0.2) is 29.5 Å². The molecule has 1 heterocycles. The van der Waals surface area contributed by atoms with E-state index in [0.29, 0.717) is 6.54 Å². The zero-order chi connectivity index (χ0) is 11.4. The van der Waals surface area contributed by atoms with Crippen LogP contribution >= 0.6 is 24.2 Å². The third-order valence-electron chi connectivity index (χ3n) is 3.93. The van der Waals surface area contributed by atoms with Crippen LogP contribution in [0.4, 0.5) is 0 Å². The average molecular weight is 279 g/mol. The highest BCUT2D eigenvalue weighted by Crippen LogP contribution is 2.30. The third kappa shape index (κ3) is 3.76. The van der Waals surface area contributed by atoms with Crippen molar-refractivity contribution in [2.45, 2.75) is 44.1 Å². The second-order valence-corrected chi connectivity index (χ2v) is 6.29. The number of thioether (sulfide) groups is 1. The Balaban J connectivity index is 0.00000144. The molecule has 1 aliphatic heterocycles. The Labute approximate surface area is 114 Å². The Morgan fingerprint density at radius 2 is 1.88 bits per heavy atom. The molecule has 3 nitrogen and oxygen atoms in total. The molecule has 100 valence electrons. The Morgan fingerprint density at radius 3 is 2.41 bits per heavy atom. The summed E-state index contributed by atoms with van der Waals surface area (Å²) in [6.07, 6.45) is 6.62. The first-order valence-electron chi connectivity index (χ1n) is 6.36. The van der Waals surface area contributed by atoms with Gasteiger partial charge in [0.15, 0.2) is 0 Å². The van der Waals surface area contributed by atoms with Gasteiger partial charge in [-0.25, -0.2) is 0 Å². The second kappa shape index (κ2) is 6.86. The average Bonchev–Trinajstić information content (AvgIpc) is 2.79.